The highest BCUT2D eigenvalue weighted by molar-refractivity contribution is 8.13. The van der Waals surface area contributed by atoms with Crippen LogP contribution in [0, 0.1) is 10.1 Å². The number of nitrogens with zero attached hydrogens (tertiary/aromatic N) is 1. The molecule has 0 aliphatic heterocycles. The molecule has 0 radical (unpaired) electrons. The van der Waals surface area contributed by atoms with Crippen molar-refractivity contribution in [3.05, 3.63) is 27.8 Å². The van der Waals surface area contributed by atoms with Gasteiger partial charge in [-0.15, -0.1) is 13.2 Å². The molecule has 0 aliphatic rings. The van der Waals surface area contributed by atoms with E-state index >= 15 is 0 Å². The van der Waals surface area contributed by atoms with Gasteiger partial charge in [0, 0.05) is 16.7 Å². The van der Waals surface area contributed by atoms with Crippen molar-refractivity contribution in [3.63, 3.8) is 0 Å². The zero-order chi connectivity index (χ0) is 15.7. The number of carbonyl (C=O) groups excluding carboxylic acids is 1. The van der Waals surface area contributed by atoms with Crippen molar-refractivity contribution in [1.82, 2.24) is 0 Å². The van der Waals surface area contributed by atoms with Gasteiger partial charge in [0.2, 0.25) is 5.75 Å². The summed E-state index contributed by atoms with van der Waals surface area (Å²) in [6, 6.07) is 0.694. The smallest absolute Gasteiger partial charge is 0.398 e. The van der Waals surface area contributed by atoms with Crippen molar-refractivity contribution in [2.75, 3.05) is 0 Å². The number of alkyl halides is 3. The average Bonchev–Trinajstić information content (AvgIpc) is 2.25. The van der Waals surface area contributed by atoms with E-state index in [1.165, 1.54) is 0 Å². The lowest BCUT2D eigenvalue weighted by Gasteiger charge is -2.11. The molecule has 12 heteroatoms. The summed E-state index contributed by atoms with van der Waals surface area (Å²) in [7, 11) is 0.440. The number of hydrogen-bond acceptors (Lipinski definition) is 6. The summed E-state index contributed by atoms with van der Waals surface area (Å²) >= 11 is 0. The SMILES string of the molecule is O=Cc1cc(S(=O)(=O)Cl)cc([N+](=O)[O-])c1OC(F)(F)F. The molecule has 7 nitrogen and oxygen atoms in total. The van der Waals surface area contributed by atoms with Gasteiger partial charge in [-0.25, -0.2) is 8.42 Å². The first-order valence-corrected chi connectivity index (χ1v) is 6.74. The van der Waals surface area contributed by atoms with E-state index in [1.54, 1.807) is 0 Å². The largest absolute Gasteiger partial charge is 0.573 e. The number of nitro benzene ring substituents is 1. The summed E-state index contributed by atoms with van der Waals surface area (Å²) in [6.45, 7) is 0. The van der Waals surface area contributed by atoms with Crippen LogP contribution in [0.3, 0.4) is 0 Å². The average molecular weight is 334 g/mol. The number of benzene rings is 1. The summed E-state index contributed by atoms with van der Waals surface area (Å²) < 4.78 is 61.8. The van der Waals surface area contributed by atoms with Gasteiger partial charge in [-0.2, -0.15) is 0 Å². The molecule has 0 saturated carbocycles. The van der Waals surface area contributed by atoms with Crippen molar-refractivity contribution >= 4 is 31.7 Å². The second kappa shape index (κ2) is 5.25. The summed E-state index contributed by atoms with van der Waals surface area (Å²) in [5.41, 5.74) is -2.33. The molecule has 0 unspecified atom stereocenters. The number of hydrogen-bond donors (Lipinski definition) is 0. The highest BCUT2D eigenvalue weighted by atomic mass is 35.7. The van der Waals surface area contributed by atoms with Crippen LogP contribution in [0.15, 0.2) is 17.0 Å². The van der Waals surface area contributed by atoms with Crippen molar-refractivity contribution in [2.24, 2.45) is 0 Å². The van der Waals surface area contributed by atoms with Crippen molar-refractivity contribution in [1.29, 1.82) is 0 Å². The maximum atomic E-state index is 12.1. The van der Waals surface area contributed by atoms with Crippen LogP contribution in [0.5, 0.6) is 5.75 Å². The van der Waals surface area contributed by atoms with E-state index in [0.717, 1.165) is 0 Å². The Balaban J connectivity index is 3.66. The molecule has 1 rings (SSSR count). The van der Waals surface area contributed by atoms with Crippen LogP contribution in [0.2, 0.25) is 0 Å². The van der Waals surface area contributed by atoms with E-state index in [-0.39, 0.29) is 12.4 Å². The minimum Gasteiger partial charge on any atom is -0.398 e. The van der Waals surface area contributed by atoms with Crippen LogP contribution in [-0.4, -0.2) is 26.0 Å². The fourth-order valence-corrected chi connectivity index (χ4v) is 1.99. The fourth-order valence-electron chi connectivity index (χ4n) is 1.20. The molecule has 0 heterocycles. The molecule has 0 aliphatic carbocycles. The molecule has 0 bridgehead atoms. The molecule has 0 fully saturated rings. The third-order valence-electron chi connectivity index (χ3n) is 1.89. The van der Waals surface area contributed by atoms with Gasteiger partial charge in [0.1, 0.15) is 0 Å². The molecule has 20 heavy (non-hydrogen) atoms. The first-order chi connectivity index (χ1) is 8.95. The molecule has 0 amide bonds. The van der Waals surface area contributed by atoms with E-state index in [1.807, 2.05) is 0 Å². The van der Waals surface area contributed by atoms with Crippen LogP contribution < -0.4 is 4.74 Å². The second-order valence-corrected chi connectivity index (χ2v) is 5.79. The summed E-state index contributed by atoms with van der Waals surface area (Å²) in [6.07, 6.45) is -5.52. The summed E-state index contributed by atoms with van der Waals surface area (Å²) in [4.78, 5) is 19.1. The van der Waals surface area contributed by atoms with Crippen molar-refractivity contribution in [2.45, 2.75) is 11.3 Å². The molecule has 1 aromatic rings. The third kappa shape index (κ3) is 3.81. The van der Waals surface area contributed by atoms with Crippen molar-refractivity contribution < 1.29 is 36.0 Å². The Morgan fingerprint density at radius 1 is 1.35 bits per heavy atom. The quantitative estimate of drug-likeness (QED) is 0.362. The lowest BCUT2D eigenvalue weighted by molar-refractivity contribution is -0.388. The van der Waals surface area contributed by atoms with Gasteiger partial charge in [0.05, 0.1) is 15.4 Å². The monoisotopic (exact) mass is 333 g/mol. The second-order valence-electron chi connectivity index (χ2n) is 3.22. The molecule has 0 atom stereocenters. The van der Waals surface area contributed by atoms with Crippen molar-refractivity contribution in [3.8, 4) is 5.75 Å². The van der Waals surface area contributed by atoms with Gasteiger partial charge >= 0.3 is 12.0 Å². The molecule has 1 aromatic carbocycles. The zero-order valence-corrected chi connectivity index (χ0v) is 10.6. The van der Waals surface area contributed by atoms with Crippen LogP contribution in [0.1, 0.15) is 10.4 Å². The Kier molecular flexibility index (Phi) is 4.24. The number of nitro groups is 1. The third-order valence-corrected chi connectivity index (χ3v) is 3.23. The normalized spacial score (nSPS) is 12.0. The van der Waals surface area contributed by atoms with Gasteiger partial charge in [0.25, 0.3) is 9.05 Å². The zero-order valence-electron chi connectivity index (χ0n) is 9.05. The Morgan fingerprint density at radius 2 is 1.90 bits per heavy atom. The first-order valence-electron chi connectivity index (χ1n) is 4.43. The van der Waals surface area contributed by atoms with Gasteiger partial charge in [0.15, 0.2) is 6.29 Å². The molecule has 110 valence electrons. The van der Waals surface area contributed by atoms with Gasteiger partial charge in [-0.3, -0.25) is 14.9 Å². The standard InChI is InChI=1S/C8H3ClF3NO6S/c9-20(17,18)5-1-4(3-14)7(19-8(10,11)12)6(2-5)13(15)16/h1-3H. The van der Waals surface area contributed by atoms with Gasteiger partial charge in [-0.1, -0.05) is 0 Å². The summed E-state index contributed by atoms with van der Waals surface area (Å²) in [5.74, 6) is -1.42. The molecular weight excluding hydrogens is 331 g/mol. The highest BCUT2D eigenvalue weighted by Crippen LogP contribution is 2.37. The highest BCUT2D eigenvalue weighted by Gasteiger charge is 2.37. The van der Waals surface area contributed by atoms with Crippen LogP contribution in [-0.2, 0) is 9.05 Å². The minimum absolute atomic E-state index is 0.223. The number of carbonyl (C=O) groups is 1. The van der Waals surface area contributed by atoms with E-state index in [0.29, 0.717) is 6.07 Å². The molecular formula is C8H3ClF3NO6S. The Morgan fingerprint density at radius 3 is 2.25 bits per heavy atom. The molecule has 0 saturated heterocycles. The maximum Gasteiger partial charge on any atom is 0.573 e. The topological polar surface area (TPSA) is 104 Å². The maximum absolute atomic E-state index is 12.1. The summed E-state index contributed by atoms with van der Waals surface area (Å²) in [5, 5.41) is 10.7. The Labute approximate surface area is 113 Å². The van der Waals surface area contributed by atoms with Gasteiger partial charge < -0.3 is 4.74 Å². The lowest BCUT2D eigenvalue weighted by Crippen LogP contribution is -2.19. The first kappa shape index (κ1) is 16.2. The van der Waals surface area contributed by atoms with Crippen LogP contribution >= 0.6 is 10.7 Å². The molecule has 0 aromatic heterocycles. The lowest BCUT2D eigenvalue weighted by atomic mass is 10.2. The van der Waals surface area contributed by atoms with Gasteiger partial charge in [-0.05, 0) is 6.07 Å². The predicted molar refractivity (Wildman–Crippen MR) is 58.2 cm³/mol. The fraction of sp³-hybridized carbons (Fsp3) is 0.125. The number of aldehydes is 1. The molecule has 0 N–H and O–H groups in total. The number of halogens is 4. The van der Waals surface area contributed by atoms with E-state index < -0.39 is 42.2 Å². The number of ether oxygens (including phenoxy) is 1. The minimum atomic E-state index is -5.30. The molecule has 0 spiro atoms. The van der Waals surface area contributed by atoms with E-state index in [4.69, 9.17) is 10.7 Å². The van der Waals surface area contributed by atoms with Crippen LogP contribution in [0.25, 0.3) is 0 Å². The number of rotatable bonds is 4. The van der Waals surface area contributed by atoms with E-state index in [2.05, 4.69) is 4.74 Å². The van der Waals surface area contributed by atoms with Crippen LogP contribution in [0.4, 0.5) is 18.9 Å². The van der Waals surface area contributed by atoms with E-state index in [9.17, 15) is 36.5 Å². The Bertz CT molecular complexity index is 672. The Hall–Kier alpha value is -1.88. The predicted octanol–water partition coefficient (Wildman–Crippen LogP) is 2.23.